The van der Waals surface area contributed by atoms with Crippen molar-refractivity contribution in [2.24, 2.45) is 23.5 Å². The van der Waals surface area contributed by atoms with Crippen LogP contribution in [0, 0.1) is 24.7 Å². The van der Waals surface area contributed by atoms with Gasteiger partial charge in [0.25, 0.3) is 11.8 Å². The number of alkyl halides is 4. The summed E-state index contributed by atoms with van der Waals surface area (Å²) in [6.45, 7) is 1.78. The third-order valence-corrected chi connectivity index (χ3v) is 7.56. The van der Waals surface area contributed by atoms with E-state index in [2.05, 4.69) is 30.3 Å². The molecule has 2 atom stereocenters. The lowest BCUT2D eigenvalue weighted by Gasteiger charge is -2.27. The zero-order valence-electron chi connectivity index (χ0n) is 21.1. The number of fused-ring (bicyclic) bond motifs is 2. The number of urea groups is 1. The van der Waals surface area contributed by atoms with Crippen LogP contribution in [0.1, 0.15) is 53.1 Å². The molecule has 2 aliphatic carbocycles. The number of amides is 3. The SMILES string of the molecule is Cc1nonc1C(N)=O.O=C1NC[C@@H]2[C@H](CN1Cc1cnn3cc(CC4CCC(F)(F)CC4)nc3c1)C2(F)F. The maximum absolute atomic E-state index is 13.7. The predicted octanol–water partition coefficient (Wildman–Crippen LogP) is 2.98. The zero-order chi connectivity index (χ0) is 27.9. The van der Waals surface area contributed by atoms with Gasteiger partial charge in [-0.15, -0.1) is 0 Å². The second-order valence-electron chi connectivity index (χ2n) is 10.4. The number of carbonyl (C=O) groups excluding carboxylic acids is 2. The number of rotatable bonds is 5. The Morgan fingerprint density at radius 2 is 1.95 bits per heavy atom. The fraction of sp³-hybridized carbons (Fsp3) is 0.583. The van der Waals surface area contributed by atoms with Gasteiger partial charge in [0, 0.05) is 32.5 Å². The molecule has 4 heterocycles. The highest BCUT2D eigenvalue weighted by Crippen LogP contribution is 2.55. The number of aryl methyl sites for hydroxylation is 1. The van der Waals surface area contributed by atoms with Crippen LogP contribution in [0.25, 0.3) is 5.65 Å². The number of imidazole rings is 1. The van der Waals surface area contributed by atoms with Gasteiger partial charge >= 0.3 is 6.03 Å². The Hall–Kier alpha value is -3.78. The molecule has 3 aromatic rings. The molecule has 0 aromatic carbocycles. The van der Waals surface area contributed by atoms with E-state index in [1.165, 1.54) is 4.90 Å². The number of primary amides is 1. The van der Waals surface area contributed by atoms with E-state index in [1.54, 1.807) is 29.9 Å². The van der Waals surface area contributed by atoms with E-state index in [0.29, 0.717) is 36.2 Å². The molecule has 0 spiro atoms. The number of hydrogen-bond acceptors (Lipinski definition) is 7. The average molecular weight is 553 g/mol. The number of halogens is 4. The largest absolute Gasteiger partial charge is 0.364 e. The summed E-state index contributed by atoms with van der Waals surface area (Å²) in [6.07, 6.45) is 4.83. The summed E-state index contributed by atoms with van der Waals surface area (Å²) in [5, 5.41) is 13.5. The standard InChI is InChI=1S/C20H23F4N5O.C4H5N3O2/c21-19(22)3-1-12(2-4-19)5-14-10-29-17(27-14)6-13(7-26-29)9-28-11-16-15(20(16,23)24)8-25-18(28)30;1-2-3(4(5)8)7-9-6-2/h6-7,10,12,15-16H,1-5,8-9,11H2,(H,25,30);1H3,(H2,5,8)/t15-,16+;/m1./s1. The van der Waals surface area contributed by atoms with Crippen molar-refractivity contribution in [3.05, 3.63) is 41.1 Å². The molecular weight excluding hydrogens is 524 g/mol. The van der Waals surface area contributed by atoms with E-state index in [1.807, 2.05) is 0 Å². The maximum Gasteiger partial charge on any atom is 0.317 e. The van der Waals surface area contributed by atoms with Gasteiger partial charge in [-0.2, -0.15) is 5.10 Å². The summed E-state index contributed by atoms with van der Waals surface area (Å²) in [5.41, 5.74) is 7.46. The minimum Gasteiger partial charge on any atom is -0.364 e. The summed E-state index contributed by atoms with van der Waals surface area (Å²) in [5.74, 6) is -7.27. The van der Waals surface area contributed by atoms with Crippen LogP contribution in [0.4, 0.5) is 22.4 Å². The Bertz CT molecular complexity index is 1370. The van der Waals surface area contributed by atoms with E-state index in [-0.39, 0.29) is 50.1 Å². The smallest absolute Gasteiger partial charge is 0.317 e. The van der Waals surface area contributed by atoms with Crippen molar-refractivity contribution in [1.29, 1.82) is 0 Å². The van der Waals surface area contributed by atoms with Crippen molar-refractivity contribution < 1.29 is 31.8 Å². The Morgan fingerprint density at radius 3 is 2.59 bits per heavy atom. The van der Waals surface area contributed by atoms with E-state index < -0.39 is 29.6 Å². The summed E-state index contributed by atoms with van der Waals surface area (Å²) in [4.78, 5) is 28.5. The topological polar surface area (TPSA) is 145 Å². The van der Waals surface area contributed by atoms with Crippen LogP contribution in [-0.4, -0.2) is 66.7 Å². The van der Waals surface area contributed by atoms with E-state index in [9.17, 15) is 27.2 Å². The molecule has 39 heavy (non-hydrogen) atoms. The molecular formula is C24H28F4N8O3. The van der Waals surface area contributed by atoms with Crippen LogP contribution in [0.5, 0.6) is 0 Å². The first-order chi connectivity index (χ1) is 18.4. The molecule has 11 nitrogen and oxygen atoms in total. The first-order valence-corrected chi connectivity index (χ1v) is 12.6. The fourth-order valence-electron chi connectivity index (χ4n) is 5.18. The first kappa shape index (κ1) is 26.8. The van der Waals surface area contributed by atoms with Crippen molar-refractivity contribution in [3.8, 4) is 0 Å². The van der Waals surface area contributed by atoms with Gasteiger partial charge in [-0.3, -0.25) is 4.79 Å². The summed E-state index contributed by atoms with van der Waals surface area (Å²) < 4.78 is 59.9. The molecule has 210 valence electrons. The van der Waals surface area contributed by atoms with Gasteiger partial charge in [0.15, 0.2) is 11.3 Å². The van der Waals surface area contributed by atoms with Crippen molar-refractivity contribution >= 4 is 17.6 Å². The van der Waals surface area contributed by atoms with Crippen molar-refractivity contribution in [2.75, 3.05) is 13.1 Å². The molecule has 3 aromatic heterocycles. The lowest BCUT2D eigenvalue weighted by molar-refractivity contribution is -0.0457. The number of aromatic nitrogens is 5. The van der Waals surface area contributed by atoms with E-state index in [0.717, 1.165) is 5.69 Å². The number of hydrogen-bond donors (Lipinski definition) is 2. The van der Waals surface area contributed by atoms with Gasteiger partial charge in [-0.1, -0.05) is 5.16 Å². The lowest BCUT2D eigenvalue weighted by atomic mass is 9.84. The minimum atomic E-state index is -2.71. The highest BCUT2D eigenvalue weighted by atomic mass is 19.3. The minimum absolute atomic E-state index is 0.000994. The number of nitrogens with two attached hydrogens (primary N) is 1. The third-order valence-electron chi connectivity index (χ3n) is 7.56. The molecule has 0 bridgehead atoms. The van der Waals surface area contributed by atoms with Crippen LogP contribution in [0.3, 0.4) is 0 Å². The Labute approximate surface area is 220 Å². The molecule has 6 rings (SSSR count). The first-order valence-electron chi connectivity index (χ1n) is 12.6. The van der Waals surface area contributed by atoms with Gasteiger partial charge in [-0.05, 0) is 48.9 Å². The highest BCUT2D eigenvalue weighted by Gasteiger charge is 2.69. The van der Waals surface area contributed by atoms with E-state index in [4.69, 9.17) is 5.73 Å². The molecule has 2 saturated carbocycles. The van der Waals surface area contributed by atoms with Crippen molar-refractivity contribution in [1.82, 2.24) is 35.1 Å². The molecule has 3 amide bonds. The molecule has 3 fully saturated rings. The van der Waals surface area contributed by atoms with Gasteiger partial charge < -0.3 is 16.0 Å². The van der Waals surface area contributed by atoms with Gasteiger partial charge in [0.1, 0.15) is 5.69 Å². The Balaban J connectivity index is 0.000000292. The summed E-state index contributed by atoms with van der Waals surface area (Å²) in [6, 6.07) is 1.43. The number of carbonyl (C=O) groups is 2. The molecule has 15 heteroatoms. The molecule has 0 unspecified atom stereocenters. The van der Waals surface area contributed by atoms with Crippen LogP contribution >= 0.6 is 0 Å². The Morgan fingerprint density at radius 1 is 1.21 bits per heavy atom. The monoisotopic (exact) mass is 552 g/mol. The number of nitrogens with one attached hydrogen (secondary N) is 1. The quantitative estimate of drug-likeness (QED) is 0.463. The molecule has 3 N–H and O–H groups in total. The summed E-state index contributed by atoms with van der Waals surface area (Å²) in [7, 11) is 0. The van der Waals surface area contributed by atoms with Gasteiger partial charge in [0.05, 0.1) is 29.9 Å². The van der Waals surface area contributed by atoms with Gasteiger partial charge in [-0.25, -0.2) is 36.5 Å². The van der Waals surface area contributed by atoms with Crippen LogP contribution < -0.4 is 11.1 Å². The third kappa shape index (κ3) is 5.81. The maximum atomic E-state index is 13.7. The highest BCUT2D eigenvalue weighted by molar-refractivity contribution is 5.91. The molecule has 0 radical (unpaired) electrons. The second-order valence-corrected chi connectivity index (χ2v) is 10.4. The Kier molecular flexibility index (Phi) is 6.93. The predicted molar refractivity (Wildman–Crippen MR) is 127 cm³/mol. The molecule has 3 aliphatic rings. The average Bonchev–Trinajstić information content (AvgIpc) is 3.17. The lowest BCUT2D eigenvalue weighted by Crippen LogP contribution is -2.40. The van der Waals surface area contributed by atoms with Crippen molar-refractivity contribution in [3.63, 3.8) is 0 Å². The van der Waals surface area contributed by atoms with Crippen LogP contribution in [-0.2, 0) is 13.0 Å². The fourth-order valence-corrected chi connectivity index (χ4v) is 5.18. The number of nitrogens with zero attached hydrogens (tertiary/aromatic N) is 6. The molecule has 1 saturated heterocycles. The van der Waals surface area contributed by atoms with Gasteiger partial charge in [0.2, 0.25) is 5.92 Å². The summed E-state index contributed by atoms with van der Waals surface area (Å²) >= 11 is 0. The van der Waals surface area contributed by atoms with Crippen LogP contribution in [0.15, 0.2) is 23.1 Å². The van der Waals surface area contributed by atoms with Crippen molar-refractivity contribution in [2.45, 2.75) is 57.4 Å². The zero-order valence-corrected chi connectivity index (χ0v) is 21.1. The second kappa shape index (κ2) is 10.1. The van der Waals surface area contributed by atoms with Crippen LogP contribution in [0.2, 0.25) is 0 Å². The normalized spacial score (nSPS) is 23.8. The molecule has 1 aliphatic heterocycles. The van der Waals surface area contributed by atoms with E-state index >= 15 is 0 Å².